The molecule has 1 N–H and O–H groups in total. The van der Waals surface area contributed by atoms with Crippen molar-refractivity contribution in [1.82, 2.24) is 10.3 Å². The Bertz CT molecular complexity index is 811. The van der Waals surface area contributed by atoms with Crippen LogP contribution in [0.25, 0.3) is 0 Å². The summed E-state index contributed by atoms with van der Waals surface area (Å²) in [6, 6.07) is 9.16. The molecule has 1 aliphatic rings. The van der Waals surface area contributed by atoms with Crippen LogP contribution in [0.1, 0.15) is 41.4 Å². The summed E-state index contributed by atoms with van der Waals surface area (Å²) >= 11 is 0. The van der Waals surface area contributed by atoms with Crippen molar-refractivity contribution in [3.05, 3.63) is 65.2 Å². The Labute approximate surface area is 154 Å². The summed E-state index contributed by atoms with van der Waals surface area (Å²) in [5.41, 5.74) is 0.204. The average molecular weight is 380 g/mol. The van der Waals surface area contributed by atoms with Gasteiger partial charge in [0.15, 0.2) is 0 Å². The second kappa shape index (κ2) is 7.29. The SMILES string of the molecule is CC1(C(F)(F)F)CC(NC(=O)c2ccc(CCc3cccc(F)c3)nc2)C1. The Morgan fingerprint density at radius 2 is 1.96 bits per heavy atom. The van der Waals surface area contributed by atoms with E-state index in [1.165, 1.54) is 25.3 Å². The fraction of sp³-hybridized carbons (Fsp3) is 0.400. The zero-order valence-electron chi connectivity index (χ0n) is 14.8. The Morgan fingerprint density at radius 3 is 2.56 bits per heavy atom. The van der Waals surface area contributed by atoms with E-state index in [1.807, 2.05) is 6.07 Å². The quantitative estimate of drug-likeness (QED) is 0.778. The van der Waals surface area contributed by atoms with Gasteiger partial charge in [0.05, 0.1) is 11.0 Å². The number of nitrogens with zero attached hydrogens (tertiary/aromatic N) is 1. The van der Waals surface area contributed by atoms with E-state index in [9.17, 15) is 22.4 Å². The second-order valence-corrected chi connectivity index (χ2v) is 7.31. The molecule has 7 heteroatoms. The molecule has 27 heavy (non-hydrogen) atoms. The number of alkyl halides is 3. The number of hydrogen-bond acceptors (Lipinski definition) is 2. The molecule has 0 unspecified atom stereocenters. The fourth-order valence-electron chi connectivity index (χ4n) is 3.30. The lowest BCUT2D eigenvalue weighted by Crippen LogP contribution is -2.55. The first-order chi connectivity index (χ1) is 12.7. The van der Waals surface area contributed by atoms with Crippen molar-refractivity contribution in [1.29, 1.82) is 0 Å². The molecular formula is C20H20F4N2O. The van der Waals surface area contributed by atoms with E-state index in [2.05, 4.69) is 10.3 Å². The van der Waals surface area contributed by atoms with Crippen LogP contribution < -0.4 is 5.32 Å². The third-order valence-electron chi connectivity index (χ3n) is 5.06. The molecule has 3 rings (SSSR count). The summed E-state index contributed by atoms with van der Waals surface area (Å²) in [5, 5.41) is 2.62. The number of aromatic nitrogens is 1. The summed E-state index contributed by atoms with van der Waals surface area (Å²) in [7, 11) is 0. The fourth-order valence-corrected chi connectivity index (χ4v) is 3.30. The number of benzene rings is 1. The smallest absolute Gasteiger partial charge is 0.349 e. The first kappa shape index (κ1) is 19.3. The van der Waals surface area contributed by atoms with Crippen molar-refractivity contribution in [2.24, 2.45) is 5.41 Å². The number of hydrogen-bond donors (Lipinski definition) is 1. The number of amides is 1. The van der Waals surface area contributed by atoms with E-state index in [0.29, 0.717) is 18.4 Å². The summed E-state index contributed by atoms with van der Waals surface area (Å²) in [4.78, 5) is 16.4. The number of aryl methyl sites for hydroxylation is 2. The summed E-state index contributed by atoms with van der Waals surface area (Å²) in [6.45, 7) is 1.17. The van der Waals surface area contributed by atoms with Crippen LogP contribution in [0, 0.1) is 11.2 Å². The summed E-state index contributed by atoms with van der Waals surface area (Å²) in [5.74, 6) is -0.710. The highest BCUT2D eigenvalue weighted by Crippen LogP contribution is 2.52. The van der Waals surface area contributed by atoms with Gasteiger partial charge in [-0.1, -0.05) is 19.1 Å². The van der Waals surface area contributed by atoms with E-state index in [0.717, 1.165) is 11.3 Å². The lowest BCUT2D eigenvalue weighted by molar-refractivity contribution is -0.248. The monoisotopic (exact) mass is 380 g/mol. The molecular weight excluding hydrogens is 360 g/mol. The highest BCUT2D eigenvalue weighted by atomic mass is 19.4. The molecule has 0 atom stereocenters. The van der Waals surface area contributed by atoms with E-state index in [-0.39, 0.29) is 18.7 Å². The number of pyridine rings is 1. The molecule has 0 saturated heterocycles. The maximum Gasteiger partial charge on any atom is 0.394 e. The van der Waals surface area contributed by atoms with Crippen LogP contribution in [0.4, 0.5) is 17.6 Å². The maximum absolute atomic E-state index is 13.2. The molecule has 144 valence electrons. The standard InChI is InChI=1S/C20H20F4N2O/c1-19(20(22,23)24)10-17(11-19)26-18(27)14-6-8-16(25-12-14)7-5-13-3-2-4-15(21)9-13/h2-4,6,8-9,12,17H,5,7,10-11H2,1H3,(H,26,27). The second-order valence-electron chi connectivity index (χ2n) is 7.31. The molecule has 2 aromatic rings. The number of halogens is 4. The van der Waals surface area contributed by atoms with Crippen LogP contribution in [0.3, 0.4) is 0 Å². The molecule has 3 nitrogen and oxygen atoms in total. The number of carbonyl (C=O) groups is 1. The molecule has 1 fully saturated rings. The zero-order chi connectivity index (χ0) is 19.7. The molecule has 0 bridgehead atoms. The molecule has 1 aromatic heterocycles. The Hall–Kier alpha value is -2.44. The van der Waals surface area contributed by atoms with Gasteiger partial charge in [0.25, 0.3) is 5.91 Å². The van der Waals surface area contributed by atoms with Gasteiger partial charge >= 0.3 is 6.18 Å². The van der Waals surface area contributed by atoms with Crippen molar-refractivity contribution in [2.45, 2.75) is 44.8 Å². The first-order valence-corrected chi connectivity index (χ1v) is 8.73. The normalized spacial score (nSPS) is 22.2. The Morgan fingerprint density at radius 1 is 1.22 bits per heavy atom. The van der Waals surface area contributed by atoms with Crippen LogP contribution in [-0.4, -0.2) is 23.1 Å². The third kappa shape index (κ3) is 4.46. The lowest BCUT2D eigenvalue weighted by Gasteiger charge is -2.46. The van der Waals surface area contributed by atoms with Gasteiger partial charge in [-0.25, -0.2) is 4.39 Å². The van der Waals surface area contributed by atoms with Crippen LogP contribution >= 0.6 is 0 Å². The molecule has 0 spiro atoms. The van der Waals surface area contributed by atoms with Gasteiger partial charge in [0.2, 0.25) is 0 Å². The Kier molecular flexibility index (Phi) is 5.22. The van der Waals surface area contributed by atoms with E-state index in [1.54, 1.807) is 18.2 Å². The topological polar surface area (TPSA) is 42.0 Å². The van der Waals surface area contributed by atoms with Crippen molar-refractivity contribution in [3.8, 4) is 0 Å². The lowest BCUT2D eigenvalue weighted by atomic mass is 9.66. The molecule has 1 heterocycles. The van der Waals surface area contributed by atoms with Crippen LogP contribution in [0.15, 0.2) is 42.6 Å². The zero-order valence-corrected chi connectivity index (χ0v) is 14.8. The van der Waals surface area contributed by atoms with E-state index < -0.39 is 23.5 Å². The van der Waals surface area contributed by atoms with E-state index >= 15 is 0 Å². The van der Waals surface area contributed by atoms with Crippen LogP contribution in [0.5, 0.6) is 0 Å². The molecule has 1 saturated carbocycles. The summed E-state index contributed by atoms with van der Waals surface area (Å²) in [6.07, 6.45) is -1.84. The van der Waals surface area contributed by atoms with Gasteiger partial charge in [0, 0.05) is 17.9 Å². The highest BCUT2D eigenvalue weighted by molar-refractivity contribution is 5.94. The minimum Gasteiger partial charge on any atom is -0.349 e. The number of nitrogens with one attached hydrogen (secondary N) is 1. The van der Waals surface area contributed by atoms with Crippen molar-refractivity contribution in [3.63, 3.8) is 0 Å². The largest absolute Gasteiger partial charge is 0.394 e. The molecule has 1 aliphatic carbocycles. The van der Waals surface area contributed by atoms with Crippen molar-refractivity contribution >= 4 is 5.91 Å². The van der Waals surface area contributed by atoms with Gasteiger partial charge < -0.3 is 5.32 Å². The van der Waals surface area contributed by atoms with Gasteiger partial charge in [-0.15, -0.1) is 0 Å². The van der Waals surface area contributed by atoms with Gasteiger partial charge in [-0.3, -0.25) is 9.78 Å². The highest BCUT2D eigenvalue weighted by Gasteiger charge is 2.58. The predicted octanol–water partition coefficient (Wildman–Crippen LogP) is 4.47. The summed E-state index contributed by atoms with van der Waals surface area (Å²) < 4.78 is 51.7. The Balaban J connectivity index is 1.51. The molecule has 1 amide bonds. The molecule has 0 radical (unpaired) electrons. The van der Waals surface area contributed by atoms with Gasteiger partial charge in [0.1, 0.15) is 5.82 Å². The first-order valence-electron chi connectivity index (χ1n) is 8.73. The third-order valence-corrected chi connectivity index (χ3v) is 5.06. The van der Waals surface area contributed by atoms with Gasteiger partial charge in [-0.2, -0.15) is 13.2 Å². The minimum absolute atomic E-state index is 0.110. The maximum atomic E-state index is 13.2. The average Bonchev–Trinajstić information content (AvgIpc) is 2.58. The van der Waals surface area contributed by atoms with Crippen LogP contribution in [0.2, 0.25) is 0 Å². The predicted molar refractivity (Wildman–Crippen MR) is 92.7 cm³/mol. The molecule has 1 aromatic carbocycles. The number of carbonyl (C=O) groups excluding carboxylic acids is 1. The molecule has 0 aliphatic heterocycles. The van der Waals surface area contributed by atoms with E-state index in [4.69, 9.17) is 0 Å². The van der Waals surface area contributed by atoms with Gasteiger partial charge in [-0.05, 0) is 55.5 Å². The van der Waals surface area contributed by atoms with Crippen LogP contribution in [-0.2, 0) is 12.8 Å². The minimum atomic E-state index is -4.25. The van der Waals surface area contributed by atoms with Crippen molar-refractivity contribution < 1.29 is 22.4 Å². The van der Waals surface area contributed by atoms with Crippen molar-refractivity contribution in [2.75, 3.05) is 0 Å². The number of rotatable bonds is 5.